The predicted octanol–water partition coefficient (Wildman–Crippen LogP) is 4.90. The van der Waals surface area contributed by atoms with E-state index in [1.54, 1.807) is 23.1 Å². The van der Waals surface area contributed by atoms with E-state index in [4.69, 9.17) is 0 Å². The van der Waals surface area contributed by atoms with Crippen LogP contribution in [0.5, 0.6) is 0 Å². The minimum Gasteiger partial charge on any atom is -0.480 e. The Morgan fingerprint density at radius 3 is 2.50 bits per heavy atom. The highest BCUT2D eigenvalue weighted by molar-refractivity contribution is 7.98. The molecule has 0 bridgehead atoms. The third-order valence-electron chi connectivity index (χ3n) is 8.05. The summed E-state index contributed by atoms with van der Waals surface area (Å²) in [4.78, 5) is 59.8. The standard InChI is InChI=1S/C32H30N4O5S/c1-18-11-13-19(14-12-18)28-27-22(20-7-3-5-9-23(20)33-27)17-26-30(38)36(32(41)35(26)28)25-10-6-4-8-21(25)29(37)34-24(31(39)40)15-16-42-2/h3-14,24,26,28,33H,15-17H2,1-2H3,(H,34,37)(H,39,40)/t24-,26-,28-/m0/s1. The van der Waals surface area contributed by atoms with Crippen molar-refractivity contribution < 1.29 is 24.3 Å². The van der Waals surface area contributed by atoms with Gasteiger partial charge in [0.25, 0.3) is 11.8 Å². The van der Waals surface area contributed by atoms with Crippen molar-refractivity contribution in [3.8, 4) is 0 Å². The number of carboxylic acids is 1. The lowest BCUT2D eigenvalue weighted by Crippen LogP contribution is -2.44. The number of rotatable bonds is 8. The number of imide groups is 1. The highest BCUT2D eigenvalue weighted by Crippen LogP contribution is 2.45. The van der Waals surface area contributed by atoms with E-state index in [2.05, 4.69) is 10.3 Å². The second kappa shape index (κ2) is 11.0. The summed E-state index contributed by atoms with van der Waals surface area (Å²) in [5.74, 6) is -1.68. The van der Waals surface area contributed by atoms with Crippen LogP contribution in [0.4, 0.5) is 10.5 Å². The van der Waals surface area contributed by atoms with Crippen LogP contribution in [0.3, 0.4) is 0 Å². The number of thioether (sulfide) groups is 1. The zero-order valence-electron chi connectivity index (χ0n) is 23.2. The summed E-state index contributed by atoms with van der Waals surface area (Å²) in [7, 11) is 0. The van der Waals surface area contributed by atoms with Crippen molar-refractivity contribution in [3.63, 3.8) is 0 Å². The number of hydrogen-bond acceptors (Lipinski definition) is 5. The van der Waals surface area contributed by atoms with Gasteiger partial charge in [-0.05, 0) is 54.7 Å². The Morgan fingerprint density at radius 1 is 1.05 bits per heavy atom. The normalized spacial score (nSPS) is 18.6. The van der Waals surface area contributed by atoms with Gasteiger partial charge in [-0.3, -0.25) is 14.5 Å². The topological polar surface area (TPSA) is 123 Å². The van der Waals surface area contributed by atoms with Gasteiger partial charge in [0.2, 0.25) is 0 Å². The van der Waals surface area contributed by atoms with Crippen molar-refractivity contribution in [2.45, 2.75) is 37.9 Å². The molecule has 9 nitrogen and oxygen atoms in total. The van der Waals surface area contributed by atoms with E-state index in [9.17, 15) is 24.3 Å². The first kappa shape index (κ1) is 27.6. The van der Waals surface area contributed by atoms with Crippen LogP contribution < -0.4 is 10.2 Å². The summed E-state index contributed by atoms with van der Waals surface area (Å²) in [6.07, 6.45) is 2.43. The van der Waals surface area contributed by atoms with Crippen LogP contribution in [-0.4, -0.2) is 62.9 Å². The molecule has 2 aliphatic rings. The molecule has 3 atom stereocenters. The highest BCUT2D eigenvalue weighted by atomic mass is 32.2. The van der Waals surface area contributed by atoms with Gasteiger partial charge in [-0.1, -0.05) is 60.2 Å². The monoisotopic (exact) mass is 582 g/mol. The Morgan fingerprint density at radius 2 is 1.76 bits per heavy atom. The summed E-state index contributed by atoms with van der Waals surface area (Å²) in [5, 5.41) is 13.2. The minimum atomic E-state index is -1.14. The Bertz CT molecular complexity index is 1720. The first-order chi connectivity index (χ1) is 20.3. The fourth-order valence-electron chi connectivity index (χ4n) is 5.98. The molecule has 1 aromatic heterocycles. The van der Waals surface area contributed by atoms with Gasteiger partial charge in [0, 0.05) is 23.0 Å². The first-order valence-electron chi connectivity index (χ1n) is 13.7. The second-order valence-electron chi connectivity index (χ2n) is 10.6. The molecule has 1 saturated heterocycles. The number of aromatic nitrogens is 1. The van der Waals surface area contributed by atoms with Crippen molar-refractivity contribution in [2.75, 3.05) is 16.9 Å². The van der Waals surface area contributed by atoms with Gasteiger partial charge < -0.3 is 15.4 Å². The zero-order valence-corrected chi connectivity index (χ0v) is 24.0. The number of nitrogens with one attached hydrogen (secondary N) is 2. The van der Waals surface area contributed by atoms with Crippen molar-refractivity contribution in [3.05, 3.63) is 101 Å². The lowest BCUT2D eigenvalue weighted by molar-refractivity contribution is -0.139. The van der Waals surface area contributed by atoms with Crippen LogP contribution in [0.25, 0.3) is 10.9 Å². The van der Waals surface area contributed by atoms with Gasteiger partial charge in [-0.2, -0.15) is 11.8 Å². The molecule has 214 valence electrons. The van der Waals surface area contributed by atoms with E-state index < -0.39 is 41.9 Å². The van der Waals surface area contributed by atoms with E-state index in [1.165, 1.54) is 17.8 Å². The molecular weight excluding hydrogens is 552 g/mol. The van der Waals surface area contributed by atoms with Gasteiger partial charge in [-0.25, -0.2) is 14.5 Å². The van der Waals surface area contributed by atoms with E-state index >= 15 is 0 Å². The Kier molecular flexibility index (Phi) is 7.24. The van der Waals surface area contributed by atoms with Crippen LogP contribution in [0.15, 0.2) is 72.8 Å². The smallest absolute Gasteiger partial charge is 0.332 e. The largest absolute Gasteiger partial charge is 0.480 e. The van der Waals surface area contributed by atoms with Crippen LogP contribution >= 0.6 is 11.8 Å². The van der Waals surface area contributed by atoms with Gasteiger partial charge in [0.15, 0.2) is 0 Å². The summed E-state index contributed by atoms with van der Waals surface area (Å²) in [5.41, 5.74) is 4.92. The first-order valence-corrected chi connectivity index (χ1v) is 15.1. The zero-order chi connectivity index (χ0) is 29.5. The number of fused-ring (bicyclic) bond motifs is 4. The minimum absolute atomic E-state index is 0.0605. The number of hydrogen-bond donors (Lipinski definition) is 3. The van der Waals surface area contributed by atoms with Crippen LogP contribution in [0, 0.1) is 6.92 Å². The molecule has 3 aromatic carbocycles. The van der Waals surface area contributed by atoms with E-state index in [0.29, 0.717) is 12.2 Å². The fraction of sp³-hybridized carbons (Fsp3) is 0.250. The molecule has 4 amide bonds. The predicted molar refractivity (Wildman–Crippen MR) is 162 cm³/mol. The number of aromatic amines is 1. The third-order valence-corrected chi connectivity index (χ3v) is 8.69. The van der Waals surface area contributed by atoms with Crippen molar-refractivity contribution in [1.82, 2.24) is 15.2 Å². The Hall–Kier alpha value is -4.57. The number of urea groups is 1. The number of anilines is 1. The molecule has 0 unspecified atom stereocenters. The maximum Gasteiger partial charge on any atom is 0.332 e. The maximum absolute atomic E-state index is 14.3. The van der Waals surface area contributed by atoms with Crippen LogP contribution in [0.2, 0.25) is 0 Å². The number of H-pyrrole nitrogens is 1. The molecule has 1 fully saturated rings. The second-order valence-corrected chi connectivity index (χ2v) is 11.6. The quantitative estimate of drug-likeness (QED) is 0.254. The number of amides is 4. The summed E-state index contributed by atoms with van der Waals surface area (Å²) in [6.45, 7) is 1.99. The molecular formula is C32H30N4O5S. The maximum atomic E-state index is 14.3. The SMILES string of the molecule is CSCC[C@H](NC(=O)c1ccccc1N1C(=O)[C@@H]2Cc3c([nH]c4ccccc34)[C@H](c3ccc(C)cc3)N2C1=O)C(=O)O. The fourth-order valence-corrected chi connectivity index (χ4v) is 6.45. The molecule has 42 heavy (non-hydrogen) atoms. The molecule has 6 rings (SSSR count). The van der Waals surface area contributed by atoms with Crippen molar-refractivity contribution >= 4 is 52.2 Å². The molecule has 4 aromatic rings. The third kappa shape index (κ3) is 4.61. The Balaban J connectivity index is 1.41. The van der Waals surface area contributed by atoms with E-state index in [1.807, 2.05) is 61.7 Å². The van der Waals surface area contributed by atoms with Gasteiger partial charge in [-0.15, -0.1) is 0 Å². The summed E-state index contributed by atoms with van der Waals surface area (Å²) in [6, 6.07) is 19.2. The number of carbonyl (C=O) groups excluding carboxylic acids is 3. The number of aliphatic carboxylic acids is 1. The molecule has 3 N–H and O–H groups in total. The lowest BCUT2D eigenvalue weighted by atomic mass is 9.88. The molecule has 0 spiro atoms. The highest BCUT2D eigenvalue weighted by Gasteiger charge is 2.53. The summed E-state index contributed by atoms with van der Waals surface area (Å²) < 4.78 is 0. The number of carbonyl (C=O) groups is 4. The average Bonchev–Trinajstić information content (AvgIpc) is 3.48. The average molecular weight is 583 g/mol. The molecule has 3 heterocycles. The number of nitrogens with zero attached hydrogens (tertiary/aromatic N) is 2. The van der Waals surface area contributed by atoms with E-state index in [-0.39, 0.29) is 17.7 Å². The summed E-state index contributed by atoms with van der Waals surface area (Å²) >= 11 is 1.48. The van der Waals surface area contributed by atoms with Crippen LogP contribution in [-0.2, 0) is 16.0 Å². The molecule has 10 heteroatoms. The Labute approximate surface area is 246 Å². The number of aryl methyl sites for hydroxylation is 1. The number of para-hydroxylation sites is 2. The molecule has 0 radical (unpaired) electrons. The molecule has 0 aliphatic carbocycles. The number of carboxylic acid groups (broad SMARTS) is 1. The van der Waals surface area contributed by atoms with Crippen molar-refractivity contribution in [2.24, 2.45) is 0 Å². The van der Waals surface area contributed by atoms with Crippen LogP contribution in [0.1, 0.15) is 45.2 Å². The van der Waals surface area contributed by atoms with E-state index in [0.717, 1.165) is 38.2 Å². The molecule has 0 saturated carbocycles. The number of benzene rings is 3. The lowest BCUT2D eigenvalue weighted by Gasteiger charge is -2.36. The van der Waals surface area contributed by atoms with Crippen molar-refractivity contribution in [1.29, 1.82) is 0 Å². The molecule has 2 aliphatic heterocycles. The van der Waals surface area contributed by atoms with Gasteiger partial charge in [0.05, 0.1) is 11.3 Å². The van der Waals surface area contributed by atoms with Gasteiger partial charge in [0.1, 0.15) is 18.1 Å². The van der Waals surface area contributed by atoms with Gasteiger partial charge >= 0.3 is 12.0 Å².